The number of aliphatic hydroxyl groups excluding tert-OH is 1. The first-order chi connectivity index (χ1) is 5.79. The van der Waals surface area contributed by atoms with Crippen molar-refractivity contribution in [2.45, 2.75) is 44.6 Å². The number of hydrogen-bond donors (Lipinski definition) is 1. The van der Waals surface area contributed by atoms with Gasteiger partial charge in [-0.25, -0.2) is 0 Å². The molecule has 0 aliphatic heterocycles. The van der Waals surface area contributed by atoms with Gasteiger partial charge in [-0.05, 0) is 25.2 Å². The summed E-state index contributed by atoms with van der Waals surface area (Å²) < 4.78 is 0. The molecule has 3 atom stereocenters. The highest BCUT2D eigenvalue weighted by molar-refractivity contribution is 5.84. The van der Waals surface area contributed by atoms with Crippen molar-refractivity contribution in [2.75, 3.05) is 0 Å². The molecule has 0 unspecified atom stereocenters. The van der Waals surface area contributed by atoms with Crippen LogP contribution in [0.25, 0.3) is 0 Å². The van der Waals surface area contributed by atoms with Crippen molar-refractivity contribution < 1.29 is 9.90 Å². The zero-order valence-corrected chi connectivity index (χ0v) is 7.33. The Labute approximate surface area is 73.0 Å². The first-order valence-electron chi connectivity index (χ1n) is 5.00. The highest BCUT2D eigenvalue weighted by Crippen LogP contribution is 2.38. The van der Waals surface area contributed by atoms with Crippen molar-refractivity contribution in [2.24, 2.45) is 11.8 Å². The van der Waals surface area contributed by atoms with Crippen LogP contribution >= 0.6 is 0 Å². The minimum atomic E-state index is -0.326. The molecule has 1 N–H and O–H groups in total. The van der Waals surface area contributed by atoms with Gasteiger partial charge in [-0.1, -0.05) is 12.8 Å². The minimum absolute atomic E-state index is 0.00694. The second-order valence-electron chi connectivity index (χ2n) is 4.14. The third-order valence-electron chi connectivity index (χ3n) is 3.38. The maximum atomic E-state index is 11.4. The molecule has 2 aliphatic rings. The van der Waals surface area contributed by atoms with Gasteiger partial charge in [-0.15, -0.1) is 0 Å². The molecular weight excluding hydrogens is 152 g/mol. The maximum Gasteiger partial charge on any atom is 0.138 e. The average Bonchev–Trinajstić information content (AvgIpc) is 2.29. The largest absolute Gasteiger partial charge is 0.392 e. The van der Waals surface area contributed by atoms with Gasteiger partial charge in [-0.2, -0.15) is 0 Å². The highest BCUT2D eigenvalue weighted by Gasteiger charge is 2.39. The van der Waals surface area contributed by atoms with E-state index in [1.807, 2.05) is 0 Å². The molecule has 0 saturated heterocycles. The van der Waals surface area contributed by atoms with E-state index in [2.05, 4.69) is 0 Å². The Kier molecular flexibility index (Phi) is 2.18. The summed E-state index contributed by atoms with van der Waals surface area (Å²) in [6, 6.07) is 0. The van der Waals surface area contributed by atoms with Gasteiger partial charge in [0.05, 0.1) is 6.10 Å². The number of fused-ring (bicyclic) bond motifs is 1. The summed E-state index contributed by atoms with van der Waals surface area (Å²) in [5, 5.41) is 9.71. The van der Waals surface area contributed by atoms with E-state index in [4.69, 9.17) is 0 Å². The Hall–Kier alpha value is -0.370. The molecule has 2 fully saturated rings. The Bertz CT molecular complexity index is 188. The highest BCUT2D eigenvalue weighted by atomic mass is 16.3. The van der Waals surface area contributed by atoms with E-state index < -0.39 is 0 Å². The van der Waals surface area contributed by atoms with Gasteiger partial charge in [0.25, 0.3) is 0 Å². The van der Waals surface area contributed by atoms with E-state index in [9.17, 15) is 9.90 Å². The zero-order valence-electron chi connectivity index (χ0n) is 7.33. The number of carbonyl (C=O) groups is 1. The first-order valence-corrected chi connectivity index (χ1v) is 5.00. The Balaban J connectivity index is 2.14. The van der Waals surface area contributed by atoms with Gasteiger partial charge < -0.3 is 5.11 Å². The lowest BCUT2D eigenvalue weighted by atomic mass is 9.89. The molecule has 0 bridgehead atoms. The molecule has 0 aromatic carbocycles. The summed E-state index contributed by atoms with van der Waals surface area (Å²) in [4.78, 5) is 11.4. The van der Waals surface area contributed by atoms with E-state index in [0.717, 1.165) is 25.7 Å². The molecule has 2 aliphatic carbocycles. The predicted molar refractivity (Wildman–Crippen MR) is 45.7 cm³/mol. The molecule has 68 valence electrons. The molecule has 0 aromatic rings. The number of hydrogen-bond acceptors (Lipinski definition) is 2. The fourth-order valence-corrected chi connectivity index (χ4v) is 2.73. The Morgan fingerprint density at radius 2 is 1.92 bits per heavy atom. The lowest BCUT2D eigenvalue weighted by Gasteiger charge is -2.19. The summed E-state index contributed by atoms with van der Waals surface area (Å²) in [5.41, 5.74) is 0. The molecule has 2 saturated carbocycles. The van der Waals surface area contributed by atoms with E-state index in [-0.39, 0.29) is 12.0 Å². The van der Waals surface area contributed by atoms with E-state index in [1.54, 1.807) is 0 Å². The van der Waals surface area contributed by atoms with Crippen LogP contribution in [0.2, 0.25) is 0 Å². The van der Waals surface area contributed by atoms with Gasteiger partial charge in [0.1, 0.15) is 5.78 Å². The van der Waals surface area contributed by atoms with Gasteiger partial charge in [-0.3, -0.25) is 4.79 Å². The van der Waals surface area contributed by atoms with Crippen molar-refractivity contribution in [3.8, 4) is 0 Å². The topological polar surface area (TPSA) is 37.3 Å². The van der Waals surface area contributed by atoms with Crippen LogP contribution in [0, 0.1) is 11.8 Å². The van der Waals surface area contributed by atoms with Crippen LogP contribution in [0.4, 0.5) is 0 Å². The van der Waals surface area contributed by atoms with Crippen molar-refractivity contribution in [1.29, 1.82) is 0 Å². The predicted octanol–water partition coefficient (Wildman–Crippen LogP) is 1.52. The van der Waals surface area contributed by atoms with Crippen molar-refractivity contribution >= 4 is 5.78 Å². The van der Waals surface area contributed by atoms with Crippen molar-refractivity contribution in [1.82, 2.24) is 0 Å². The van der Waals surface area contributed by atoms with E-state index >= 15 is 0 Å². The lowest BCUT2D eigenvalue weighted by Crippen LogP contribution is -2.27. The fraction of sp³-hybridized carbons (Fsp3) is 0.900. The van der Waals surface area contributed by atoms with Gasteiger partial charge in [0, 0.05) is 12.3 Å². The third kappa shape index (κ3) is 1.28. The second-order valence-corrected chi connectivity index (χ2v) is 4.14. The maximum absolute atomic E-state index is 11.4. The molecule has 0 amide bonds. The second kappa shape index (κ2) is 3.17. The quantitative estimate of drug-likeness (QED) is 0.595. The fourth-order valence-electron chi connectivity index (χ4n) is 2.73. The first kappa shape index (κ1) is 8.24. The molecule has 2 heteroatoms. The lowest BCUT2D eigenvalue weighted by molar-refractivity contribution is -0.124. The summed E-state index contributed by atoms with van der Waals surface area (Å²) in [6.07, 6.45) is 5.72. The number of rotatable bonds is 0. The van der Waals surface area contributed by atoms with Crippen LogP contribution in [-0.4, -0.2) is 17.0 Å². The monoisotopic (exact) mass is 168 g/mol. The molecule has 0 radical (unpaired) electrons. The van der Waals surface area contributed by atoms with Crippen LogP contribution in [0.3, 0.4) is 0 Å². The van der Waals surface area contributed by atoms with Gasteiger partial charge in [0.2, 0.25) is 0 Å². The average molecular weight is 168 g/mol. The molecular formula is C10H16O2. The van der Waals surface area contributed by atoms with Crippen molar-refractivity contribution in [3.63, 3.8) is 0 Å². The summed E-state index contributed by atoms with van der Waals surface area (Å²) in [6.45, 7) is 0. The smallest absolute Gasteiger partial charge is 0.138 e. The summed E-state index contributed by atoms with van der Waals surface area (Å²) in [5.74, 6) is 0.830. The standard InChI is InChI=1S/C10H16O2/c11-8-4-2-1-3-7-5-6-9(12)10(7)8/h7-8,10-11H,1-6H2/t7-,8+,10+/m0/s1. The van der Waals surface area contributed by atoms with Crippen LogP contribution in [-0.2, 0) is 4.79 Å². The number of ketones is 1. The normalized spacial score (nSPS) is 42.4. The van der Waals surface area contributed by atoms with Gasteiger partial charge >= 0.3 is 0 Å². The molecule has 12 heavy (non-hydrogen) atoms. The number of carbonyl (C=O) groups excluding carboxylic acids is 1. The number of Topliss-reactive ketones (excluding diaryl/α,β-unsaturated/α-hetero) is 1. The minimum Gasteiger partial charge on any atom is -0.392 e. The van der Waals surface area contributed by atoms with Crippen LogP contribution in [0.1, 0.15) is 38.5 Å². The molecule has 2 nitrogen and oxygen atoms in total. The third-order valence-corrected chi connectivity index (χ3v) is 3.38. The van der Waals surface area contributed by atoms with Crippen LogP contribution in [0.5, 0.6) is 0 Å². The van der Waals surface area contributed by atoms with Crippen LogP contribution < -0.4 is 0 Å². The van der Waals surface area contributed by atoms with Crippen LogP contribution in [0.15, 0.2) is 0 Å². The summed E-state index contributed by atoms with van der Waals surface area (Å²) in [7, 11) is 0. The number of aliphatic hydroxyl groups is 1. The Morgan fingerprint density at radius 3 is 2.75 bits per heavy atom. The SMILES string of the molecule is O=C1CC[C@@H]2CCCC[C@@H](O)[C@H]12. The summed E-state index contributed by atoms with van der Waals surface area (Å²) >= 11 is 0. The van der Waals surface area contributed by atoms with Crippen molar-refractivity contribution in [3.05, 3.63) is 0 Å². The molecule has 0 heterocycles. The van der Waals surface area contributed by atoms with E-state index in [1.165, 1.54) is 6.42 Å². The molecule has 0 aromatic heterocycles. The van der Waals surface area contributed by atoms with E-state index in [0.29, 0.717) is 18.1 Å². The molecule has 0 spiro atoms. The Morgan fingerprint density at radius 1 is 1.17 bits per heavy atom. The molecule has 2 rings (SSSR count). The van der Waals surface area contributed by atoms with Gasteiger partial charge in [0.15, 0.2) is 0 Å². The zero-order chi connectivity index (χ0) is 8.55.